The van der Waals surface area contributed by atoms with E-state index >= 15 is 0 Å². The summed E-state index contributed by atoms with van der Waals surface area (Å²) in [5.74, 6) is 0.108. The van der Waals surface area contributed by atoms with E-state index in [4.69, 9.17) is 21.1 Å². The molecule has 4 rings (SSSR count). The third kappa shape index (κ3) is 5.23. The maximum Gasteiger partial charge on any atom is 0.229 e. The van der Waals surface area contributed by atoms with Crippen LogP contribution in [-0.2, 0) is 26.5 Å². The number of hydrogen-bond donors (Lipinski definition) is 3. The minimum absolute atomic E-state index is 0.124. The highest BCUT2D eigenvalue weighted by Gasteiger charge is 2.49. The van der Waals surface area contributed by atoms with E-state index in [-0.39, 0.29) is 19.3 Å². The van der Waals surface area contributed by atoms with Crippen LogP contribution in [0.1, 0.15) is 6.92 Å². The van der Waals surface area contributed by atoms with E-state index in [0.717, 1.165) is 5.69 Å². The molecule has 11 nitrogen and oxygen atoms in total. The van der Waals surface area contributed by atoms with Gasteiger partial charge in [0.15, 0.2) is 5.82 Å². The Balaban J connectivity index is 1.41. The molecule has 5 atom stereocenters. The fourth-order valence-electron chi connectivity index (χ4n) is 3.62. The number of ether oxygens (including phenoxy) is 2. The van der Waals surface area contributed by atoms with Gasteiger partial charge in [0, 0.05) is 13.2 Å². The van der Waals surface area contributed by atoms with Crippen LogP contribution in [0.3, 0.4) is 0 Å². The summed E-state index contributed by atoms with van der Waals surface area (Å²) in [6.07, 6.45) is 2.49. The molecular weight excluding hydrogens is 453 g/mol. The lowest BCUT2D eigenvalue weighted by molar-refractivity contribution is 0.0690. The van der Waals surface area contributed by atoms with Gasteiger partial charge < -0.3 is 20.1 Å². The minimum Gasteiger partial charge on any atom is -0.371 e. The maximum atomic E-state index is 13.1. The molecule has 2 aliphatic heterocycles. The van der Waals surface area contributed by atoms with E-state index in [0.29, 0.717) is 16.8 Å². The van der Waals surface area contributed by atoms with E-state index < -0.39 is 40.2 Å². The lowest BCUT2D eigenvalue weighted by Crippen LogP contribution is -2.46. The van der Waals surface area contributed by atoms with Crippen molar-refractivity contribution in [2.45, 2.75) is 37.4 Å². The monoisotopic (exact) mass is 475 g/mol. The quantitative estimate of drug-likeness (QED) is 0.507. The molecule has 0 spiro atoms. The van der Waals surface area contributed by atoms with Crippen molar-refractivity contribution in [3.63, 3.8) is 0 Å². The minimum atomic E-state index is -3.78. The number of alkyl halides is 1. The summed E-state index contributed by atoms with van der Waals surface area (Å²) in [5.41, 5.74) is 0.719. The normalized spacial score (nSPS) is 26.6. The van der Waals surface area contributed by atoms with Crippen LogP contribution in [0.2, 0.25) is 5.02 Å². The second-order valence-electron chi connectivity index (χ2n) is 7.55. The molecule has 0 saturated carbocycles. The van der Waals surface area contributed by atoms with E-state index in [2.05, 4.69) is 30.4 Å². The molecule has 0 aliphatic carbocycles. The van der Waals surface area contributed by atoms with Gasteiger partial charge in [-0.2, -0.15) is 10.1 Å². The standard InChI is InChI=1S/C17H23ClFN7O4S/c1-9(19)8-31(27,28)25-13-7-30-14-12(6-29-15(13)14)23-16-11(18)4-20-17(24-16)22-10-3-21-26(2)5-10/h3-5,9,12-15,25H,6-8H2,1-2H3,(H2,20,22,23,24)/t9?,12-,13+,14?,15?/m1/s1. The third-order valence-corrected chi connectivity index (χ3v) is 6.70. The molecule has 2 aliphatic rings. The number of aryl methyl sites for hydroxylation is 1. The van der Waals surface area contributed by atoms with Crippen molar-refractivity contribution in [2.24, 2.45) is 7.05 Å². The van der Waals surface area contributed by atoms with Crippen molar-refractivity contribution >= 4 is 39.1 Å². The maximum absolute atomic E-state index is 13.1. The summed E-state index contributed by atoms with van der Waals surface area (Å²) < 4.78 is 52.9. The van der Waals surface area contributed by atoms with Gasteiger partial charge in [-0.1, -0.05) is 11.6 Å². The second-order valence-corrected chi connectivity index (χ2v) is 9.76. The van der Waals surface area contributed by atoms with Crippen LogP contribution in [-0.4, -0.2) is 77.6 Å². The Morgan fingerprint density at radius 3 is 2.68 bits per heavy atom. The number of aromatic nitrogens is 4. The molecule has 2 fully saturated rings. The Kier molecular flexibility index (Phi) is 6.30. The summed E-state index contributed by atoms with van der Waals surface area (Å²) >= 11 is 6.25. The van der Waals surface area contributed by atoms with Crippen LogP contribution in [0.4, 0.5) is 21.8 Å². The zero-order valence-corrected chi connectivity index (χ0v) is 18.4. The largest absolute Gasteiger partial charge is 0.371 e. The molecule has 3 N–H and O–H groups in total. The van der Waals surface area contributed by atoms with E-state index in [1.54, 1.807) is 24.1 Å². The number of halogens is 2. The predicted octanol–water partition coefficient (Wildman–Crippen LogP) is 0.831. The summed E-state index contributed by atoms with van der Waals surface area (Å²) in [7, 11) is -1.99. The highest BCUT2D eigenvalue weighted by atomic mass is 35.5. The van der Waals surface area contributed by atoms with Crippen molar-refractivity contribution < 1.29 is 22.3 Å². The number of nitrogens with zero attached hydrogens (tertiary/aromatic N) is 4. The summed E-state index contributed by atoms with van der Waals surface area (Å²) in [4.78, 5) is 8.56. The first kappa shape index (κ1) is 22.1. The van der Waals surface area contributed by atoms with Gasteiger partial charge in [0.2, 0.25) is 16.0 Å². The van der Waals surface area contributed by atoms with E-state index in [1.807, 2.05) is 0 Å². The van der Waals surface area contributed by atoms with Crippen LogP contribution >= 0.6 is 11.6 Å². The number of nitrogens with one attached hydrogen (secondary N) is 3. The molecule has 0 amide bonds. The Hall–Kier alpha value is -2.06. The van der Waals surface area contributed by atoms with Crippen LogP contribution in [0.25, 0.3) is 0 Å². The number of fused-ring (bicyclic) bond motifs is 1. The summed E-state index contributed by atoms with van der Waals surface area (Å²) in [6.45, 7) is 1.58. The van der Waals surface area contributed by atoms with Crippen molar-refractivity contribution in [1.82, 2.24) is 24.5 Å². The molecule has 2 aromatic heterocycles. The molecule has 170 valence electrons. The average Bonchev–Trinajstić information content (AvgIpc) is 3.36. The van der Waals surface area contributed by atoms with E-state index in [1.165, 1.54) is 13.1 Å². The molecule has 4 heterocycles. The smallest absolute Gasteiger partial charge is 0.229 e. The third-order valence-electron chi connectivity index (χ3n) is 4.86. The van der Waals surface area contributed by atoms with Crippen LogP contribution in [0, 0.1) is 0 Å². The lowest BCUT2D eigenvalue weighted by atomic mass is 10.1. The van der Waals surface area contributed by atoms with Gasteiger partial charge in [-0.05, 0) is 6.92 Å². The van der Waals surface area contributed by atoms with Gasteiger partial charge in [-0.15, -0.1) is 0 Å². The van der Waals surface area contributed by atoms with Crippen molar-refractivity contribution in [3.8, 4) is 0 Å². The molecular formula is C17H23ClFN7O4S. The van der Waals surface area contributed by atoms with Gasteiger partial charge in [0.1, 0.15) is 23.4 Å². The Labute approximate surface area is 183 Å². The van der Waals surface area contributed by atoms with Crippen molar-refractivity contribution in [2.75, 3.05) is 29.6 Å². The highest BCUT2D eigenvalue weighted by molar-refractivity contribution is 7.89. The molecule has 31 heavy (non-hydrogen) atoms. The van der Waals surface area contributed by atoms with Crippen molar-refractivity contribution in [3.05, 3.63) is 23.6 Å². The molecule has 0 radical (unpaired) electrons. The molecule has 0 bridgehead atoms. The topological polar surface area (TPSA) is 132 Å². The Morgan fingerprint density at radius 2 is 2.00 bits per heavy atom. The number of sulfonamides is 1. The highest BCUT2D eigenvalue weighted by Crippen LogP contribution is 2.31. The first-order valence-electron chi connectivity index (χ1n) is 9.62. The number of hydrogen-bond acceptors (Lipinski definition) is 9. The first-order chi connectivity index (χ1) is 14.7. The van der Waals surface area contributed by atoms with Gasteiger partial charge >= 0.3 is 0 Å². The van der Waals surface area contributed by atoms with Gasteiger partial charge in [0.05, 0.1) is 49.1 Å². The van der Waals surface area contributed by atoms with Gasteiger partial charge in [-0.25, -0.2) is 22.5 Å². The zero-order chi connectivity index (χ0) is 22.2. The molecule has 2 saturated heterocycles. The fraction of sp³-hybridized carbons (Fsp3) is 0.588. The van der Waals surface area contributed by atoms with Crippen molar-refractivity contribution in [1.29, 1.82) is 0 Å². The van der Waals surface area contributed by atoms with Crippen LogP contribution in [0.5, 0.6) is 0 Å². The SMILES string of the molecule is CC(F)CS(=O)(=O)N[C@H]1COC2C1OC[C@H]2Nc1nc(Nc2cnn(C)c2)ncc1Cl. The second kappa shape index (κ2) is 8.82. The number of anilines is 3. The van der Waals surface area contributed by atoms with E-state index in [9.17, 15) is 12.8 Å². The van der Waals surface area contributed by atoms with Crippen LogP contribution < -0.4 is 15.4 Å². The lowest BCUT2D eigenvalue weighted by Gasteiger charge is -2.19. The zero-order valence-electron chi connectivity index (χ0n) is 16.8. The Morgan fingerprint density at radius 1 is 1.29 bits per heavy atom. The Bertz CT molecular complexity index is 1040. The molecule has 0 aromatic carbocycles. The molecule has 2 aromatic rings. The van der Waals surface area contributed by atoms with Gasteiger partial charge in [-0.3, -0.25) is 4.68 Å². The van der Waals surface area contributed by atoms with Gasteiger partial charge in [0.25, 0.3) is 0 Å². The molecule has 3 unspecified atom stereocenters. The fourth-order valence-corrected chi connectivity index (χ4v) is 5.13. The summed E-state index contributed by atoms with van der Waals surface area (Å²) in [5, 5.41) is 10.6. The number of rotatable bonds is 8. The molecule has 14 heteroatoms. The first-order valence-corrected chi connectivity index (χ1v) is 11.7. The summed E-state index contributed by atoms with van der Waals surface area (Å²) in [6, 6.07) is -0.900. The van der Waals surface area contributed by atoms with Crippen LogP contribution in [0.15, 0.2) is 18.6 Å². The average molecular weight is 476 g/mol. The predicted molar refractivity (Wildman–Crippen MR) is 112 cm³/mol.